The zero-order chi connectivity index (χ0) is 25.4. The Morgan fingerprint density at radius 2 is 1.97 bits per heavy atom. The van der Waals surface area contributed by atoms with Gasteiger partial charge in [0.25, 0.3) is 5.91 Å². The van der Waals surface area contributed by atoms with Crippen LogP contribution in [0.1, 0.15) is 28.4 Å². The molecule has 0 aliphatic carbocycles. The van der Waals surface area contributed by atoms with Gasteiger partial charge in [0.15, 0.2) is 0 Å². The molecule has 3 heterocycles. The molecule has 186 valence electrons. The highest BCUT2D eigenvalue weighted by atomic mass is 16.5. The normalized spacial score (nSPS) is 14.5. The lowest BCUT2D eigenvalue weighted by atomic mass is 9.93. The predicted octanol–water partition coefficient (Wildman–Crippen LogP) is 4.35. The fraction of sp³-hybridized carbons (Fsp3) is 0.310. The summed E-state index contributed by atoms with van der Waals surface area (Å²) >= 11 is 0. The van der Waals surface area contributed by atoms with Crippen molar-refractivity contribution >= 4 is 16.9 Å². The number of carbonyl (C=O) groups is 1. The van der Waals surface area contributed by atoms with Gasteiger partial charge in [0.2, 0.25) is 0 Å². The monoisotopic (exact) mass is 484 g/mol. The molecule has 2 N–H and O–H groups in total. The maximum Gasteiger partial charge on any atom is 0.253 e. The maximum absolute atomic E-state index is 12.7. The molecule has 0 radical (unpaired) electrons. The molecule has 7 nitrogen and oxygen atoms in total. The smallest absolute Gasteiger partial charge is 0.253 e. The summed E-state index contributed by atoms with van der Waals surface area (Å²) in [7, 11) is 5.58. The number of nitrogens with one attached hydrogen (secondary N) is 1. The molecule has 2 aromatic heterocycles. The number of fused-ring (bicyclic) bond motifs is 2. The van der Waals surface area contributed by atoms with Gasteiger partial charge in [0.1, 0.15) is 11.4 Å². The number of aliphatic hydroxyl groups excluding tert-OH is 1. The van der Waals surface area contributed by atoms with E-state index < -0.39 is 6.10 Å². The molecule has 0 fully saturated rings. The number of pyridine rings is 1. The number of rotatable bonds is 6. The number of aromatic amines is 1. The van der Waals surface area contributed by atoms with Gasteiger partial charge in [-0.05, 0) is 73.0 Å². The first-order chi connectivity index (χ1) is 17.3. The van der Waals surface area contributed by atoms with Gasteiger partial charge in [-0.25, -0.2) is 4.98 Å². The first-order valence-corrected chi connectivity index (χ1v) is 12.2. The third-order valence-corrected chi connectivity index (χ3v) is 6.90. The van der Waals surface area contributed by atoms with Crippen LogP contribution in [0.25, 0.3) is 33.3 Å². The number of benzene rings is 2. The van der Waals surface area contributed by atoms with Crippen LogP contribution in [0, 0.1) is 0 Å². The maximum atomic E-state index is 12.7. The fourth-order valence-electron chi connectivity index (χ4n) is 5.04. The number of nitrogens with zero attached hydrogens (tertiary/aromatic N) is 3. The highest BCUT2D eigenvalue weighted by Crippen LogP contribution is 2.36. The lowest BCUT2D eigenvalue weighted by Crippen LogP contribution is -2.32. The quantitative estimate of drug-likeness (QED) is 0.425. The molecular weight excluding hydrogens is 452 g/mol. The summed E-state index contributed by atoms with van der Waals surface area (Å²) in [5.41, 5.74) is 8.15. The zero-order valence-electron chi connectivity index (χ0n) is 21.2. The minimum atomic E-state index is -0.567. The molecule has 2 aromatic carbocycles. The second-order valence-electron chi connectivity index (χ2n) is 9.74. The van der Waals surface area contributed by atoms with Gasteiger partial charge in [0, 0.05) is 61.2 Å². The Morgan fingerprint density at radius 1 is 1.19 bits per heavy atom. The van der Waals surface area contributed by atoms with Gasteiger partial charge in [-0.3, -0.25) is 4.79 Å². The van der Waals surface area contributed by atoms with E-state index in [0.717, 1.165) is 58.5 Å². The summed E-state index contributed by atoms with van der Waals surface area (Å²) in [5, 5.41) is 10.6. The van der Waals surface area contributed by atoms with E-state index in [1.54, 1.807) is 21.1 Å². The Kier molecular flexibility index (Phi) is 6.51. The third kappa shape index (κ3) is 4.59. The Labute approximate surface area is 211 Å². The van der Waals surface area contributed by atoms with Crippen molar-refractivity contribution in [1.82, 2.24) is 19.8 Å². The second kappa shape index (κ2) is 9.76. The topological polar surface area (TPSA) is 81.7 Å². The first-order valence-electron chi connectivity index (χ1n) is 12.2. The Morgan fingerprint density at radius 3 is 2.69 bits per heavy atom. The molecule has 1 atom stereocenters. The fourth-order valence-corrected chi connectivity index (χ4v) is 5.04. The summed E-state index contributed by atoms with van der Waals surface area (Å²) < 4.78 is 5.75. The molecule has 0 saturated heterocycles. The summed E-state index contributed by atoms with van der Waals surface area (Å²) in [5.74, 6) is 0.822. The number of carbonyl (C=O) groups excluding carboxylic acids is 1. The Bertz CT molecular complexity index is 1410. The van der Waals surface area contributed by atoms with Crippen molar-refractivity contribution in [3.05, 3.63) is 71.5 Å². The van der Waals surface area contributed by atoms with Gasteiger partial charge in [-0.15, -0.1) is 0 Å². The molecule has 1 aliphatic rings. The molecule has 0 bridgehead atoms. The van der Waals surface area contributed by atoms with Crippen LogP contribution in [0.4, 0.5) is 0 Å². The van der Waals surface area contributed by atoms with Gasteiger partial charge < -0.3 is 24.6 Å². The lowest BCUT2D eigenvalue weighted by Gasteiger charge is -2.27. The number of amides is 1. The third-order valence-electron chi connectivity index (χ3n) is 6.90. The van der Waals surface area contributed by atoms with E-state index in [2.05, 4.69) is 35.1 Å². The van der Waals surface area contributed by atoms with Crippen molar-refractivity contribution in [2.45, 2.75) is 26.0 Å². The highest BCUT2D eigenvalue weighted by Gasteiger charge is 2.20. The van der Waals surface area contributed by atoms with E-state index in [0.29, 0.717) is 12.1 Å². The number of likely N-dealkylation sites (N-methyl/N-ethyl adjacent to an activating group) is 2. The van der Waals surface area contributed by atoms with Crippen LogP contribution in [-0.2, 0) is 13.0 Å². The molecular formula is C29H32N4O3. The standard InChI is InChI=1S/C29H32N4O3/c1-18(34)16-33(3)29(35)20-7-5-19(6-8-20)26-15-31-28-25(26)12-22(14-30-28)21-11-23-17-32(2)10-9-24(23)27(13-21)36-4/h5-8,11-15,18,34H,9-10,16-17H2,1-4H3,(H,30,31). The molecule has 36 heavy (non-hydrogen) atoms. The summed E-state index contributed by atoms with van der Waals surface area (Å²) in [4.78, 5) is 24.5. The van der Waals surface area contributed by atoms with E-state index in [9.17, 15) is 9.90 Å². The van der Waals surface area contributed by atoms with E-state index in [-0.39, 0.29) is 5.91 Å². The summed E-state index contributed by atoms with van der Waals surface area (Å²) in [6, 6.07) is 14.1. The molecule has 0 spiro atoms. The second-order valence-corrected chi connectivity index (χ2v) is 9.74. The first kappa shape index (κ1) is 24.0. The average molecular weight is 485 g/mol. The lowest BCUT2D eigenvalue weighted by molar-refractivity contribution is 0.0703. The van der Waals surface area contributed by atoms with Crippen LogP contribution in [0.2, 0.25) is 0 Å². The van der Waals surface area contributed by atoms with Gasteiger partial charge in [-0.1, -0.05) is 12.1 Å². The predicted molar refractivity (Wildman–Crippen MR) is 142 cm³/mol. The summed E-state index contributed by atoms with van der Waals surface area (Å²) in [6.45, 7) is 3.90. The van der Waals surface area contributed by atoms with Crippen molar-refractivity contribution in [3.8, 4) is 28.0 Å². The van der Waals surface area contributed by atoms with Crippen molar-refractivity contribution in [1.29, 1.82) is 0 Å². The van der Waals surface area contributed by atoms with Gasteiger partial charge in [-0.2, -0.15) is 0 Å². The van der Waals surface area contributed by atoms with Crippen LogP contribution in [-0.4, -0.2) is 71.2 Å². The van der Waals surface area contributed by atoms with E-state index in [1.165, 1.54) is 16.0 Å². The Balaban J connectivity index is 1.48. The number of hydrogen-bond donors (Lipinski definition) is 2. The van der Waals surface area contributed by atoms with Gasteiger partial charge >= 0.3 is 0 Å². The van der Waals surface area contributed by atoms with Crippen LogP contribution in [0.5, 0.6) is 5.75 Å². The van der Waals surface area contributed by atoms with Crippen molar-refractivity contribution in [2.24, 2.45) is 0 Å². The number of methoxy groups -OCH3 is 1. The minimum Gasteiger partial charge on any atom is -0.496 e. The molecule has 4 aromatic rings. The number of ether oxygens (including phenoxy) is 1. The van der Waals surface area contributed by atoms with E-state index in [1.807, 2.05) is 36.7 Å². The highest BCUT2D eigenvalue weighted by molar-refractivity contribution is 5.98. The van der Waals surface area contributed by atoms with Crippen molar-refractivity contribution in [2.75, 3.05) is 34.3 Å². The van der Waals surface area contributed by atoms with Crippen molar-refractivity contribution in [3.63, 3.8) is 0 Å². The number of H-pyrrole nitrogens is 1. The molecule has 1 aliphatic heterocycles. The number of aromatic nitrogens is 2. The molecule has 0 saturated carbocycles. The number of aliphatic hydroxyl groups is 1. The molecule has 5 rings (SSSR count). The van der Waals surface area contributed by atoms with E-state index in [4.69, 9.17) is 9.72 Å². The van der Waals surface area contributed by atoms with Crippen LogP contribution in [0.15, 0.2) is 54.9 Å². The summed E-state index contributed by atoms with van der Waals surface area (Å²) in [6.07, 6.45) is 4.28. The average Bonchev–Trinajstić information content (AvgIpc) is 3.30. The van der Waals surface area contributed by atoms with Crippen LogP contribution < -0.4 is 4.74 Å². The number of hydrogen-bond acceptors (Lipinski definition) is 5. The van der Waals surface area contributed by atoms with Crippen molar-refractivity contribution < 1.29 is 14.6 Å². The molecule has 1 amide bonds. The minimum absolute atomic E-state index is 0.114. The molecule has 1 unspecified atom stereocenters. The van der Waals surface area contributed by atoms with Crippen LogP contribution in [0.3, 0.4) is 0 Å². The SMILES string of the molecule is COc1cc(-c2cnc3[nH]cc(-c4ccc(C(=O)N(C)CC(C)O)cc4)c3c2)cc2c1CCN(C)C2. The van der Waals surface area contributed by atoms with Crippen LogP contribution >= 0.6 is 0 Å². The van der Waals surface area contributed by atoms with E-state index >= 15 is 0 Å². The van der Waals surface area contributed by atoms with Gasteiger partial charge in [0.05, 0.1) is 13.2 Å². The zero-order valence-corrected chi connectivity index (χ0v) is 21.2. The Hall–Kier alpha value is -3.68. The largest absolute Gasteiger partial charge is 0.496 e. The molecule has 7 heteroatoms.